The summed E-state index contributed by atoms with van der Waals surface area (Å²) >= 11 is 0. The van der Waals surface area contributed by atoms with Gasteiger partial charge in [-0.25, -0.2) is 0 Å². The van der Waals surface area contributed by atoms with Crippen LogP contribution in [-0.4, -0.2) is 24.1 Å². The lowest BCUT2D eigenvalue weighted by Gasteiger charge is -2.14. The minimum absolute atomic E-state index is 0.263. The molecule has 0 unspecified atom stereocenters. The summed E-state index contributed by atoms with van der Waals surface area (Å²) in [6.07, 6.45) is 0. The molecule has 0 bridgehead atoms. The van der Waals surface area contributed by atoms with E-state index in [-0.39, 0.29) is 6.54 Å². The zero-order valence-corrected chi connectivity index (χ0v) is 9.61. The number of hydrogen-bond donors (Lipinski definition) is 1. The number of carbonyl (C=O) groups is 3. The number of nitrogens with two attached hydrogens (primary N) is 1. The topological polar surface area (TPSA) is 80.5 Å². The first kappa shape index (κ1) is 11.3. The van der Waals surface area contributed by atoms with Crippen LogP contribution >= 0.6 is 0 Å². The summed E-state index contributed by atoms with van der Waals surface area (Å²) in [6, 6.07) is 3.55. The molecule has 1 aliphatic heterocycles. The number of anilines is 1. The number of rotatable bonds is 2. The van der Waals surface area contributed by atoms with E-state index >= 15 is 0 Å². The Morgan fingerprint density at radius 3 is 2.53 bits per heavy atom. The second-order valence-electron chi connectivity index (χ2n) is 4.16. The lowest BCUT2D eigenvalue weighted by Crippen LogP contribution is -2.37. The van der Waals surface area contributed by atoms with Crippen molar-refractivity contribution in [2.24, 2.45) is 5.73 Å². The Balaban J connectivity index is 2.59. The Kier molecular flexibility index (Phi) is 2.46. The third kappa shape index (κ3) is 1.69. The highest BCUT2D eigenvalue weighted by atomic mass is 16.2. The number of benzene rings is 1. The largest absolute Gasteiger partial charge is 0.368 e. The lowest BCUT2D eigenvalue weighted by atomic mass is 10.0. The molecule has 88 valence electrons. The first-order chi connectivity index (χ1) is 7.91. The van der Waals surface area contributed by atoms with Crippen molar-refractivity contribution in [2.75, 3.05) is 11.4 Å². The van der Waals surface area contributed by atoms with E-state index in [0.29, 0.717) is 11.3 Å². The average molecular weight is 232 g/mol. The summed E-state index contributed by atoms with van der Waals surface area (Å²) in [6.45, 7) is 3.37. The van der Waals surface area contributed by atoms with Crippen molar-refractivity contribution >= 4 is 23.3 Å². The fourth-order valence-electron chi connectivity index (χ4n) is 2.11. The fourth-order valence-corrected chi connectivity index (χ4v) is 2.11. The molecule has 1 aromatic rings. The average Bonchev–Trinajstić information content (AvgIpc) is 2.42. The highest BCUT2D eigenvalue weighted by molar-refractivity contribution is 6.53. The van der Waals surface area contributed by atoms with E-state index in [0.717, 1.165) is 16.0 Å². The number of nitrogens with zero attached hydrogens (tertiary/aromatic N) is 1. The summed E-state index contributed by atoms with van der Waals surface area (Å²) in [7, 11) is 0. The Morgan fingerprint density at radius 1 is 1.29 bits per heavy atom. The first-order valence-electron chi connectivity index (χ1n) is 5.17. The van der Waals surface area contributed by atoms with E-state index in [1.165, 1.54) is 0 Å². The predicted octanol–water partition coefficient (Wildman–Crippen LogP) is 0.318. The zero-order chi connectivity index (χ0) is 12.7. The normalized spacial score (nSPS) is 14.1. The SMILES string of the molecule is Cc1cc(C)c2c(c1)N(CC(N)=O)C(=O)C2=O. The quantitative estimate of drug-likeness (QED) is 0.745. The van der Waals surface area contributed by atoms with Crippen molar-refractivity contribution in [3.05, 3.63) is 28.8 Å². The molecule has 0 saturated heterocycles. The number of fused-ring (bicyclic) bond motifs is 1. The van der Waals surface area contributed by atoms with Gasteiger partial charge in [-0.3, -0.25) is 19.3 Å². The molecule has 0 spiro atoms. The van der Waals surface area contributed by atoms with Crippen molar-refractivity contribution in [1.29, 1.82) is 0 Å². The molecule has 17 heavy (non-hydrogen) atoms. The summed E-state index contributed by atoms with van der Waals surface area (Å²) in [5.74, 6) is -1.90. The number of ketones is 1. The maximum absolute atomic E-state index is 11.8. The number of primary amides is 1. The molecule has 1 heterocycles. The Labute approximate surface area is 98.2 Å². The van der Waals surface area contributed by atoms with Crippen LogP contribution in [0.3, 0.4) is 0 Å². The van der Waals surface area contributed by atoms with Crippen LogP contribution in [0.4, 0.5) is 5.69 Å². The van der Waals surface area contributed by atoms with Crippen LogP contribution in [0.25, 0.3) is 0 Å². The van der Waals surface area contributed by atoms with E-state index < -0.39 is 17.6 Å². The van der Waals surface area contributed by atoms with Crippen LogP contribution in [0.15, 0.2) is 12.1 Å². The van der Waals surface area contributed by atoms with Gasteiger partial charge in [-0.1, -0.05) is 6.07 Å². The molecule has 0 aliphatic carbocycles. The molecule has 0 fully saturated rings. The minimum Gasteiger partial charge on any atom is -0.368 e. The maximum atomic E-state index is 11.8. The third-order valence-corrected chi connectivity index (χ3v) is 2.73. The fraction of sp³-hybridized carbons (Fsp3) is 0.250. The van der Waals surface area contributed by atoms with Crippen LogP contribution in [-0.2, 0) is 9.59 Å². The molecule has 5 nitrogen and oxygen atoms in total. The standard InChI is InChI=1S/C12H12N2O3/c1-6-3-7(2)10-8(4-6)14(5-9(13)15)12(17)11(10)16/h3-4H,5H2,1-2H3,(H2,13,15). The van der Waals surface area contributed by atoms with Gasteiger partial charge in [-0.15, -0.1) is 0 Å². The van der Waals surface area contributed by atoms with Crippen molar-refractivity contribution in [2.45, 2.75) is 13.8 Å². The highest BCUT2D eigenvalue weighted by Crippen LogP contribution is 2.32. The van der Waals surface area contributed by atoms with Gasteiger partial charge in [0, 0.05) is 0 Å². The van der Waals surface area contributed by atoms with Crippen molar-refractivity contribution in [3.63, 3.8) is 0 Å². The lowest BCUT2D eigenvalue weighted by molar-refractivity contribution is -0.119. The first-order valence-corrected chi connectivity index (χ1v) is 5.17. The van der Waals surface area contributed by atoms with Crippen LogP contribution in [0.5, 0.6) is 0 Å². The Hall–Kier alpha value is -2.17. The smallest absolute Gasteiger partial charge is 0.299 e. The number of carbonyl (C=O) groups excluding carboxylic acids is 3. The third-order valence-electron chi connectivity index (χ3n) is 2.73. The van der Waals surface area contributed by atoms with E-state index in [4.69, 9.17) is 5.73 Å². The van der Waals surface area contributed by atoms with Gasteiger partial charge in [0.1, 0.15) is 6.54 Å². The number of amides is 2. The molecule has 1 aromatic carbocycles. The van der Waals surface area contributed by atoms with E-state index in [2.05, 4.69) is 0 Å². The van der Waals surface area contributed by atoms with E-state index in [1.54, 1.807) is 13.0 Å². The molecule has 1 aliphatic rings. The van der Waals surface area contributed by atoms with Crippen molar-refractivity contribution < 1.29 is 14.4 Å². The van der Waals surface area contributed by atoms with Gasteiger partial charge in [-0.05, 0) is 31.0 Å². The Bertz CT molecular complexity index is 549. The van der Waals surface area contributed by atoms with Gasteiger partial charge < -0.3 is 5.73 Å². The molecule has 5 heteroatoms. The molecule has 0 radical (unpaired) electrons. The summed E-state index contributed by atoms with van der Waals surface area (Å²) in [5, 5.41) is 0. The van der Waals surface area contributed by atoms with Crippen molar-refractivity contribution in [1.82, 2.24) is 0 Å². The maximum Gasteiger partial charge on any atom is 0.299 e. The van der Waals surface area contributed by atoms with E-state index in [9.17, 15) is 14.4 Å². The molecular formula is C12H12N2O3. The molecule has 2 rings (SSSR count). The Morgan fingerprint density at radius 2 is 1.94 bits per heavy atom. The van der Waals surface area contributed by atoms with Crippen molar-refractivity contribution in [3.8, 4) is 0 Å². The second-order valence-corrected chi connectivity index (χ2v) is 4.16. The predicted molar refractivity (Wildman–Crippen MR) is 61.8 cm³/mol. The molecule has 0 aromatic heterocycles. The molecule has 2 amide bonds. The summed E-state index contributed by atoms with van der Waals surface area (Å²) < 4.78 is 0. The van der Waals surface area contributed by atoms with Gasteiger partial charge in [0.2, 0.25) is 5.91 Å². The van der Waals surface area contributed by atoms with Crippen LogP contribution in [0, 0.1) is 13.8 Å². The number of hydrogen-bond acceptors (Lipinski definition) is 3. The van der Waals surface area contributed by atoms with Crippen LogP contribution in [0.1, 0.15) is 21.5 Å². The van der Waals surface area contributed by atoms with Gasteiger partial charge in [-0.2, -0.15) is 0 Å². The molecule has 0 saturated carbocycles. The monoisotopic (exact) mass is 232 g/mol. The van der Waals surface area contributed by atoms with Gasteiger partial charge in [0.05, 0.1) is 11.3 Å². The zero-order valence-electron chi connectivity index (χ0n) is 9.61. The molecule has 0 atom stereocenters. The molecular weight excluding hydrogens is 220 g/mol. The van der Waals surface area contributed by atoms with Gasteiger partial charge in [0.15, 0.2) is 0 Å². The minimum atomic E-state index is -0.687. The van der Waals surface area contributed by atoms with Gasteiger partial charge >= 0.3 is 0 Å². The second kappa shape index (κ2) is 3.69. The number of aryl methyl sites for hydroxylation is 2. The van der Waals surface area contributed by atoms with Crippen LogP contribution in [0.2, 0.25) is 0 Å². The highest BCUT2D eigenvalue weighted by Gasteiger charge is 2.37. The van der Waals surface area contributed by atoms with E-state index in [1.807, 2.05) is 13.0 Å². The summed E-state index contributed by atoms with van der Waals surface area (Å²) in [5.41, 5.74) is 7.60. The number of Topliss-reactive ketones (excluding diaryl/α,β-unsaturated/α-hetero) is 1. The van der Waals surface area contributed by atoms with Crippen LogP contribution < -0.4 is 10.6 Å². The van der Waals surface area contributed by atoms with Gasteiger partial charge in [0.25, 0.3) is 11.7 Å². The molecule has 2 N–H and O–H groups in total. The summed E-state index contributed by atoms with van der Waals surface area (Å²) in [4.78, 5) is 35.6.